The summed E-state index contributed by atoms with van der Waals surface area (Å²) in [7, 11) is 1.16. The van der Waals surface area contributed by atoms with E-state index in [1.807, 2.05) is 6.08 Å². The number of nitrogens with one attached hydrogen (secondary N) is 1. The molecule has 1 atom stereocenters. The monoisotopic (exact) mass is 357 g/mol. The second-order valence-corrected chi connectivity index (χ2v) is 5.57. The van der Waals surface area contributed by atoms with Crippen LogP contribution >= 0.6 is 0 Å². The quantitative estimate of drug-likeness (QED) is 0.392. The molecule has 4 nitrogen and oxygen atoms in total. The van der Waals surface area contributed by atoms with Crippen molar-refractivity contribution in [3.8, 4) is 0 Å². The Kier molecular flexibility index (Phi) is 8.74. The summed E-state index contributed by atoms with van der Waals surface area (Å²) < 4.78 is 44.8. The van der Waals surface area contributed by atoms with Gasteiger partial charge in [0.25, 0.3) is 5.91 Å². The number of carbonyl (C=O) groups is 2. The topological polar surface area (TPSA) is 55.4 Å². The van der Waals surface area contributed by atoms with Crippen molar-refractivity contribution in [2.45, 2.75) is 44.6 Å². The fraction of sp³-hybridized carbons (Fsp3) is 0.444. The Balaban J connectivity index is 2.70. The van der Waals surface area contributed by atoms with Gasteiger partial charge in [-0.2, -0.15) is 0 Å². The van der Waals surface area contributed by atoms with Gasteiger partial charge in [-0.05, 0) is 19.3 Å². The first-order chi connectivity index (χ1) is 11.9. The van der Waals surface area contributed by atoms with Crippen LogP contribution in [0.4, 0.5) is 13.2 Å². The van der Waals surface area contributed by atoms with Crippen molar-refractivity contribution in [3.63, 3.8) is 0 Å². The number of hydrogen-bond acceptors (Lipinski definition) is 3. The van der Waals surface area contributed by atoms with E-state index in [1.54, 1.807) is 0 Å². The summed E-state index contributed by atoms with van der Waals surface area (Å²) in [5.74, 6) is -5.62. The maximum absolute atomic E-state index is 13.7. The summed E-state index contributed by atoms with van der Waals surface area (Å²) in [5.41, 5.74) is -0.929. The molecular weight excluding hydrogens is 335 g/mol. The van der Waals surface area contributed by atoms with E-state index in [1.165, 1.54) is 0 Å². The van der Waals surface area contributed by atoms with Crippen LogP contribution in [0.2, 0.25) is 0 Å². The third kappa shape index (κ3) is 6.60. The molecule has 0 aliphatic rings. The second-order valence-electron chi connectivity index (χ2n) is 5.57. The van der Waals surface area contributed by atoms with Gasteiger partial charge < -0.3 is 10.1 Å². The molecule has 0 heterocycles. The first kappa shape index (κ1) is 20.7. The second kappa shape index (κ2) is 10.5. The van der Waals surface area contributed by atoms with E-state index in [0.717, 1.165) is 32.8 Å². The molecule has 1 aromatic carbocycles. The van der Waals surface area contributed by atoms with E-state index >= 15 is 0 Å². The summed E-state index contributed by atoms with van der Waals surface area (Å²) in [4.78, 5) is 23.8. The Bertz CT molecular complexity index is 597. The van der Waals surface area contributed by atoms with Gasteiger partial charge in [0.15, 0.2) is 0 Å². The molecule has 0 aromatic heterocycles. The van der Waals surface area contributed by atoms with E-state index in [9.17, 15) is 22.8 Å². The van der Waals surface area contributed by atoms with E-state index in [-0.39, 0.29) is 6.42 Å². The lowest BCUT2D eigenvalue weighted by Crippen LogP contribution is -2.42. The Hall–Kier alpha value is -2.31. The van der Waals surface area contributed by atoms with Gasteiger partial charge in [0.2, 0.25) is 0 Å². The lowest BCUT2D eigenvalue weighted by atomic mass is 10.1. The summed E-state index contributed by atoms with van der Waals surface area (Å²) >= 11 is 0. The lowest BCUT2D eigenvalue weighted by Gasteiger charge is -2.17. The minimum absolute atomic E-state index is 0.275. The van der Waals surface area contributed by atoms with E-state index in [2.05, 4.69) is 16.6 Å². The number of halogens is 3. The minimum Gasteiger partial charge on any atom is -0.467 e. The summed E-state index contributed by atoms with van der Waals surface area (Å²) in [6, 6.07) is -0.212. The molecule has 0 bridgehead atoms. The average molecular weight is 357 g/mol. The molecule has 0 saturated carbocycles. The molecule has 0 spiro atoms. The first-order valence-corrected chi connectivity index (χ1v) is 8.04. The largest absolute Gasteiger partial charge is 0.467 e. The number of rotatable bonds is 10. The number of unbranched alkanes of at least 4 members (excludes halogenated alkanes) is 4. The Morgan fingerprint density at radius 1 is 1.16 bits per heavy atom. The van der Waals surface area contributed by atoms with E-state index in [4.69, 9.17) is 0 Å². The normalized spacial score (nSPS) is 11.7. The molecule has 0 radical (unpaired) electrons. The highest BCUT2D eigenvalue weighted by Crippen LogP contribution is 2.16. The SMILES string of the molecule is C=CCCCCCC[C@H](NC(=O)c1c(F)cc(F)cc1F)C(=O)OC. The van der Waals surface area contributed by atoms with Crippen LogP contribution in [0, 0.1) is 17.5 Å². The Labute approximate surface area is 145 Å². The number of methoxy groups -OCH3 is 1. The molecule has 1 N–H and O–H groups in total. The highest BCUT2D eigenvalue weighted by Gasteiger charge is 2.25. The van der Waals surface area contributed by atoms with Gasteiger partial charge in [-0.1, -0.05) is 25.3 Å². The standard InChI is InChI=1S/C18H22F3NO3/c1-3-4-5-6-7-8-9-15(18(24)25-2)22-17(23)16-13(20)10-12(19)11-14(16)21/h3,10-11,15H,1,4-9H2,2H3,(H,22,23)/t15-/m0/s1. The summed E-state index contributed by atoms with van der Waals surface area (Å²) in [6.45, 7) is 3.63. The van der Waals surface area contributed by atoms with Crippen molar-refractivity contribution in [3.05, 3.63) is 47.8 Å². The van der Waals surface area contributed by atoms with Gasteiger partial charge in [-0.15, -0.1) is 6.58 Å². The van der Waals surface area contributed by atoms with Crippen molar-refractivity contribution in [2.24, 2.45) is 0 Å². The fourth-order valence-corrected chi connectivity index (χ4v) is 2.37. The van der Waals surface area contributed by atoms with Crippen molar-refractivity contribution >= 4 is 11.9 Å². The molecule has 1 aromatic rings. The Morgan fingerprint density at radius 3 is 2.32 bits per heavy atom. The minimum atomic E-state index is -1.33. The number of esters is 1. The van der Waals surface area contributed by atoms with Gasteiger partial charge in [0.05, 0.1) is 7.11 Å². The molecule has 0 aliphatic heterocycles. The third-order valence-electron chi connectivity index (χ3n) is 3.68. The zero-order chi connectivity index (χ0) is 18.8. The lowest BCUT2D eigenvalue weighted by molar-refractivity contribution is -0.143. The molecule has 1 amide bonds. The zero-order valence-corrected chi connectivity index (χ0v) is 14.1. The maximum Gasteiger partial charge on any atom is 0.328 e. The summed E-state index contributed by atoms with van der Waals surface area (Å²) in [6.07, 6.45) is 6.38. The van der Waals surface area contributed by atoms with Crippen molar-refractivity contribution in [2.75, 3.05) is 7.11 Å². The summed E-state index contributed by atoms with van der Waals surface area (Å²) in [5, 5.41) is 2.26. The molecular formula is C18H22F3NO3. The molecule has 1 rings (SSSR count). The molecule has 0 saturated heterocycles. The molecule has 0 fully saturated rings. The number of benzene rings is 1. The van der Waals surface area contributed by atoms with Gasteiger partial charge in [0.1, 0.15) is 29.1 Å². The van der Waals surface area contributed by atoms with Crippen LogP contribution in [-0.4, -0.2) is 25.0 Å². The third-order valence-corrected chi connectivity index (χ3v) is 3.68. The number of ether oxygens (including phenoxy) is 1. The van der Waals surface area contributed by atoms with Crippen LogP contribution in [0.1, 0.15) is 48.9 Å². The predicted molar refractivity (Wildman–Crippen MR) is 87.5 cm³/mol. The van der Waals surface area contributed by atoms with Crippen LogP contribution in [0.15, 0.2) is 24.8 Å². The smallest absolute Gasteiger partial charge is 0.328 e. The van der Waals surface area contributed by atoms with Crippen molar-refractivity contribution in [1.29, 1.82) is 0 Å². The molecule has 0 unspecified atom stereocenters. The average Bonchev–Trinajstić information content (AvgIpc) is 2.55. The van der Waals surface area contributed by atoms with Gasteiger partial charge in [-0.3, -0.25) is 4.79 Å². The maximum atomic E-state index is 13.7. The number of carbonyl (C=O) groups excluding carboxylic acids is 2. The van der Waals surface area contributed by atoms with Gasteiger partial charge in [-0.25, -0.2) is 18.0 Å². The van der Waals surface area contributed by atoms with E-state index < -0.39 is 40.9 Å². The Morgan fingerprint density at radius 2 is 1.76 bits per heavy atom. The fourth-order valence-electron chi connectivity index (χ4n) is 2.37. The predicted octanol–water partition coefficient (Wildman–Crippen LogP) is 3.90. The molecule has 25 heavy (non-hydrogen) atoms. The highest BCUT2D eigenvalue weighted by molar-refractivity contribution is 5.97. The van der Waals surface area contributed by atoms with Crippen LogP contribution in [-0.2, 0) is 9.53 Å². The molecule has 7 heteroatoms. The first-order valence-electron chi connectivity index (χ1n) is 8.04. The van der Waals surface area contributed by atoms with E-state index in [0.29, 0.717) is 18.6 Å². The van der Waals surface area contributed by atoms with Crippen LogP contribution in [0.5, 0.6) is 0 Å². The highest BCUT2D eigenvalue weighted by atomic mass is 19.1. The number of hydrogen-bond donors (Lipinski definition) is 1. The number of allylic oxidation sites excluding steroid dienone is 1. The van der Waals surface area contributed by atoms with Crippen LogP contribution in [0.3, 0.4) is 0 Å². The van der Waals surface area contributed by atoms with Gasteiger partial charge in [0, 0.05) is 12.1 Å². The van der Waals surface area contributed by atoms with Crippen molar-refractivity contribution < 1.29 is 27.5 Å². The number of amides is 1. The van der Waals surface area contributed by atoms with Crippen LogP contribution in [0.25, 0.3) is 0 Å². The zero-order valence-electron chi connectivity index (χ0n) is 14.1. The molecule has 0 aliphatic carbocycles. The van der Waals surface area contributed by atoms with Crippen LogP contribution < -0.4 is 5.32 Å². The van der Waals surface area contributed by atoms with Gasteiger partial charge >= 0.3 is 5.97 Å². The van der Waals surface area contributed by atoms with Crippen molar-refractivity contribution in [1.82, 2.24) is 5.32 Å². The molecule has 138 valence electrons.